The Labute approximate surface area is 96.2 Å². The highest BCUT2D eigenvalue weighted by atomic mass is 15.1. The van der Waals surface area contributed by atoms with E-state index in [1.165, 1.54) is 12.8 Å². The maximum atomic E-state index is 5.55. The van der Waals surface area contributed by atoms with Gasteiger partial charge in [0.15, 0.2) is 0 Å². The van der Waals surface area contributed by atoms with Crippen molar-refractivity contribution in [3.05, 3.63) is 0 Å². The Hall–Kier alpha value is -0.0800. The van der Waals surface area contributed by atoms with Crippen LogP contribution in [0.15, 0.2) is 0 Å². The largest absolute Gasteiger partial charge is 0.330 e. The standard InChI is InChI=1S/C13H30N2/c1-11(2)9-13(10-12(3)4)15(5)8-6-7-14/h11-13H,6-10,14H2,1-5H3. The van der Waals surface area contributed by atoms with Crippen LogP contribution in [0, 0.1) is 11.8 Å². The van der Waals surface area contributed by atoms with E-state index in [0.29, 0.717) is 0 Å². The fourth-order valence-corrected chi connectivity index (χ4v) is 2.07. The molecule has 0 heterocycles. The SMILES string of the molecule is CC(C)CC(CC(C)C)N(C)CCCN. The zero-order valence-corrected chi connectivity index (χ0v) is 11.3. The summed E-state index contributed by atoms with van der Waals surface area (Å²) in [5, 5.41) is 0. The highest BCUT2D eigenvalue weighted by Crippen LogP contribution is 2.18. The van der Waals surface area contributed by atoms with E-state index in [0.717, 1.165) is 37.4 Å². The number of nitrogens with zero attached hydrogens (tertiary/aromatic N) is 1. The first-order valence-electron chi connectivity index (χ1n) is 6.37. The number of nitrogens with two attached hydrogens (primary N) is 1. The molecule has 2 nitrogen and oxygen atoms in total. The van der Waals surface area contributed by atoms with Gasteiger partial charge in [-0.1, -0.05) is 27.7 Å². The summed E-state index contributed by atoms with van der Waals surface area (Å²) in [4.78, 5) is 2.49. The average Bonchev–Trinajstić information content (AvgIpc) is 2.11. The summed E-state index contributed by atoms with van der Waals surface area (Å²) in [6, 6.07) is 0.733. The Kier molecular flexibility index (Phi) is 8.07. The molecule has 0 atom stereocenters. The van der Waals surface area contributed by atoms with Crippen LogP contribution in [0.3, 0.4) is 0 Å². The Balaban J connectivity index is 4.07. The minimum atomic E-state index is 0.733. The molecule has 0 unspecified atom stereocenters. The van der Waals surface area contributed by atoms with Gasteiger partial charge in [-0.3, -0.25) is 0 Å². The zero-order valence-electron chi connectivity index (χ0n) is 11.3. The van der Waals surface area contributed by atoms with Crippen molar-refractivity contribution in [1.29, 1.82) is 0 Å². The van der Waals surface area contributed by atoms with E-state index in [-0.39, 0.29) is 0 Å². The second-order valence-electron chi connectivity index (χ2n) is 5.54. The van der Waals surface area contributed by atoms with Crippen LogP contribution in [0.1, 0.15) is 47.0 Å². The van der Waals surface area contributed by atoms with Crippen molar-refractivity contribution >= 4 is 0 Å². The molecule has 0 amide bonds. The number of hydrogen-bond acceptors (Lipinski definition) is 2. The minimum absolute atomic E-state index is 0.733. The van der Waals surface area contributed by atoms with Crippen LogP contribution < -0.4 is 5.73 Å². The first-order valence-corrected chi connectivity index (χ1v) is 6.37. The monoisotopic (exact) mass is 214 g/mol. The van der Waals surface area contributed by atoms with Gasteiger partial charge in [-0.2, -0.15) is 0 Å². The quantitative estimate of drug-likeness (QED) is 0.673. The topological polar surface area (TPSA) is 29.3 Å². The molecule has 0 saturated heterocycles. The molecule has 0 aromatic heterocycles. The van der Waals surface area contributed by atoms with Crippen molar-refractivity contribution in [2.24, 2.45) is 17.6 Å². The Bertz CT molecular complexity index is 133. The summed E-state index contributed by atoms with van der Waals surface area (Å²) in [7, 11) is 2.24. The Morgan fingerprint density at radius 3 is 1.80 bits per heavy atom. The van der Waals surface area contributed by atoms with Crippen LogP contribution in [0.5, 0.6) is 0 Å². The van der Waals surface area contributed by atoms with Gasteiger partial charge in [-0.25, -0.2) is 0 Å². The molecule has 0 radical (unpaired) electrons. The summed E-state index contributed by atoms with van der Waals surface area (Å²) in [5.74, 6) is 1.57. The maximum absolute atomic E-state index is 5.55. The van der Waals surface area contributed by atoms with Crippen molar-refractivity contribution in [2.75, 3.05) is 20.1 Å². The average molecular weight is 214 g/mol. The molecule has 0 aliphatic heterocycles. The van der Waals surface area contributed by atoms with Gasteiger partial charge in [0, 0.05) is 6.04 Å². The predicted molar refractivity (Wildman–Crippen MR) is 69.0 cm³/mol. The van der Waals surface area contributed by atoms with Crippen LogP contribution >= 0.6 is 0 Å². The molecular formula is C13H30N2. The van der Waals surface area contributed by atoms with E-state index >= 15 is 0 Å². The smallest absolute Gasteiger partial charge is 0.00970 e. The van der Waals surface area contributed by atoms with Gasteiger partial charge in [0.05, 0.1) is 0 Å². The molecule has 0 saturated carbocycles. The molecule has 92 valence electrons. The molecule has 0 bridgehead atoms. The van der Waals surface area contributed by atoms with E-state index in [2.05, 4.69) is 39.6 Å². The molecule has 15 heavy (non-hydrogen) atoms. The van der Waals surface area contributed by atoms with Crippen LogP contribution in [0.4, 0.5) is 0 Å². The Morgan fingerprint density at radius 1 is 1.00 bits per heavy atom. The van der Waals surface area contributed by atoms with E-state index in [9.17, 15) is 0 Å². The van der Waals surface area contributed by atoms with Crippen molar-refractivity contribution in [1.82, 2.24) is 4.90 Å². The van der Waals surface area contributed by atoms with E-state index < -0.39 is 0 Å². The van der Waals surface area contributed by atoms with Crippen molar-refractivity contribution in [3.8, 4) is 0 Å². The van der Waals surface area contributed by atoms with E-state index in [1.54, 1.807) is 0 Å². The highest BCUT2D eigenvalue weighted by molar-refractivity contribution is 4.72. The lowest BCUT2D eigenvalue weighted by atomic mass is 9.94. The second-order valence-corrected chi connectivity index (χ2v) is 5.54. The summed E-state index contributed by atoms with van der Waals surface area (Å²) in [6.07, 6.45) is 3.72. The summed E-state index contributed by atoms with van der Waals surface area (Å²) in [5.41, 5.74) is 5.55. The molecule has 0 rings (SSSR count). The van der Waals surface area contributed by atoms with Gasteiger partial charge in [0.25, 0.3) is 0 Å². The number of hydrogen-bond donors (Lipinski definition) is 1. The fourth-order valence-electron chi connectivity index (χ4n) is 2.07. The van der Waals surface area contributed by atoms with E-state index in [1.807, 2.05) is 0 Å². The number of rotatable bonds is 8. The molecule has 0 aliphatic rings. The van der Waals surface area contributed by atoms with Crippen LogP contribution in [-0.4, -0.2) is 31.1 Å². The third-order valence-electron chi connectivity index (χ3n) is 2.83. The van der Waals surface area contributed by atoms with Gasteiger partial charge in [-0.15, -0.1) is 0 Å². The third kappa shape index (κ3) is 7.80. The summed E-state index contributed by atoms with van der Waals surface area (Å²) in [6.45, 7) is 11.2. The molecule has 0 aromatic carbocycles. The lowest BCUT2D eigenvalue weighted by molar-refractivity contribution is 0.185. The summed E-state index contributed by atoms with van der Waals surface area (Å²) < 4.78 is 0. The molecule has 0 aliphatic carbocycles. The summed E-state index contributed by atoms with van der Waals surface area (Å²) >= 11 is 0. The Morgan fingerprint density at radius 2 is 1.47 bits per heavy atom. The van der Waals surface area contributed by atoms with Gasteiger partial charge in [-0.05, 0) is 51.2 Å². The minimum Gasteiger partial charge on any atom is -0.330 e. The maximum Gasteiger partial charge on any atom is 0.00970 e. The van der Waals surface area contributed by atoms with Crippen LogP contribution in [-0.2, 0) is 0 Å². The molecule has 0 spiro atoms. The molecular weight excluding hydrogens is 184 g/mol. The lowest BCUT2D eigenvalue weighted by Gasteiger charge is -2.30. The van der Waals surface area contributed by atoms with E-state index in [4.69, 9.17) is 5.73 Å². The molecule has 0 aromatic rings. The first-order chi connectivity index (χ1) is 6.97. The van der Waals surface area contributed by atoms with Crippen LogP contribution in [0.25, 0.3) is 0 Å². The van der Waals surface area contributed by atoms with Gasteiger partial charge in [0.1, 0.15) is 0 Å². The normalized spacial score (nSPS) is 12.4. The predicted octanol–water partition coefficient (Wildman–Crippen LogP) is 2.73. The van der Waals surface area contributed by atoms with Gasteiger partial charge in [0.2, 0.25) is 0 Å². The van der Waals surface area contributed by atoms with Crippen molar-refractivity contribution < 1.29 is 0 Å². The molecule has 0 fully saturated rings. The van der Waals surface area contributed by atoms with Crippen molar-refractivity contribution in [2.45, 2.75) is 53.0 Å². The fraction of sp³-hybridized carbons (Fsp3) is 1.00. The zero-order chi connectivity index (χ0) is 11.8. The third-order valence-corrected chi connectivity index (χ3v) is 2.83. The molecule has 2 heteroatoms. The molecule has 2 N–H and O–H groups in total. The van der Waals surface area contributed by atoms with Crippen LogP contribution in [0.2, 0.25) is 0 Å². The second kappa shape index (κ2) is 8.12. The highest BCUT2D eigenvalue weighted by Gasteiger charge is 2.16. The lowest BCUT2D eigenvalue weighted by Crippen LogP contribution is -2.35. The van der Waals surface area contributed by atoms with Crippen molar-refractivity contribution in [3.63, 3.8) is 0 Å². The van der Waals surface area contributed by atoms with Gasteiger partial charge < -0.3 is 10.6 Å². The van der Waals surface area contributed by atoms with Gasteiger partial charge >= 0.3 is 0 Å². The first kappa shape index (κ1) is 14.9.